The standard InChI is InChI=1S/C9H11ClN6O/c1-17-9-14-7(10)13-8(15-9)11-4-6-16-5-2-3-12-16/h2-3,5H,4,6H2,1H3,(H,11,13,14,15). The minimum absolute atomic E-state index is 0.0958. The molecule has 2 aromatic heterocycles. The van der Waals surface area contributed by atoms with Gasteiger partial charge < -0.3 is 10.1 Å². The summed E-state index contributed by atoms with van der Waals surface area (Å²) in [6, 6.07) is 2.05. The minimum atomic E-state index is 0.0958. The lowest BCUT2D eigenvalue weighted by Gasteiger charge is -2.06. The first-order valence-corrected chi connectivity index (χ1v) is 5.32. The van der Waals surface area contributed by atoms with Crippen molar-refractivity contribution >= 4 is 17.5 Å². The van der Waals surface area contributed by atoms with Gasteiger partial charge in [-0.05, 0) is 17.7 Å². The van der Waals surface area contributed by atoms with E-state index < -0.39 is 0 Å². The number of hydrogen-bond donors (Lipinski definition) is 1. The molecule has 17 heavy (non-hydrogen) atoms. The van der Waals surface area contributed by atoms with Gasteiger partial charge in [0.1, 0.15) is 0 Å². The number of rotatable bonds is 5. The first kappa shape index (κ1) is 11.6. The van der Waals surface area contributed by atoms with Crippen LogP contribution in [0.5, 0.6) is 6.01 Å². The van der Waals surface area contributed by atoms with Gasteiger partial charge in [-0.25, -0.2) is 0 Å². The van der Waals surface area contributed by atoms with E-state index in [4.69, 9.17) is 16.3 Å². The largest absolute Gasteiger partial charge is 0.467 e. The molecule has 0 amide bonds. The van der Waals surface area contributed by atoms with Crippen LogP contribution in [0, 0.1) is 0 Å². The Kier molecular flexibility index (Phi) is 3.71. The highest BCUT2D eigenvalue weighted by Gasteiger charge is 2.04. The summed E-state index contributed by atoms with van der Waals surface area (Å²) in [7, 11) is 1.47. The second kappa shape index (κ2) is 5.44. The van der Waals surface area contributed by atoms with E-state index in [1.165, 1.54) is 7.11 Å². The monoisotopic (exact) mass is 254 g/mol. The molecule has 0 radical (unpaired) electrons. The van der Waals surface area contributed by atoms with E-state index in [0.717, 1.165) is 0 Å². The Labute approximate surface area is 103 Å². The molecular formula is C9H11ClN6O. The fraction of sp³-hybridized carbons (Fsp3) is 0.333. The first-order chi connectivity index (χ1) is 8.28. The normalized spacial score (nSPS) is 10.2. The van der Waals surface area contributed by atoms with Gasteiger partial charge in [0, 0.05) is 18.9 Å². The maximum Gasteiger partial charge on any atom is 0.322 e. The summed E-state index contributed by atoms with van der Waals surface area (Å²) in [4.78, 5) is 11.7. The molecule has 0 aliphatic carbocycles. The third-order valence-corrected chi connectivity index (χ3v) is 2.12. The van der Waals surface area contributed by atoms with Gasteiger partial charge in [-0.15, -0.1) is 0 Å². The number of halogens is 1. The van der Waals surface area contributed by atoms with Crippen LogP contribution >= 0.6 is 11.6 Å². The summed E-state index contributed by atoms with van der Waals surface area (Å²) in [6.45, 7) is 1.34. The van der Waals surface area contributed by atoms with Gasteiger partial charge in [0.25, 0.3) is 0 Å². The Hall–Kier alpha value is -1.89. The predicted octanol–water partition coefficient (Wildman–Crippen LogP) is 0.842. The summed E-state index contributed by atoms with van der Waals surface area (Å²) in [5.41, 5.74) is 0. The number of anilines is 1. The predicted molar refractivity (Wildman–Crippen MR) is 62.1 cm³/mol. The van der Waals surface area contributed by atoms with Crippen LogP contribution in [0.25, 0.3) is 0 Å². The smallest absolute Gasteiger partial charge is 0.322 e. The fourth-order valence-electron chi connectivity index (χ4n) is 1.22. The number of nitrogens with zero attached hydrogens (tertiary/aromatic N) is 5. The van der Waals surface area contributed by atoms with Gasteiger partial charge in [0.2, 0.25) is 11.2 Å². The number of nitrogens with one attached hydrogen (secondary N) is 1. The van der Waals surface area contributed by atoms with Gasteiger partial charge in [-0.1, -0.05) is 0 Å². The molecule has 0 unspecified atom stereocenters. The topological polar surface area (TPSA) is 77.8 Å². The summed E-state index contributed by atoms with van der Waals surface area (Å²) in [6.07, 6.45) is 3.60. The van der Waals surface area contributed by atoms with Crippen LogP contribution in [0.3, 0.4) is 0 Å². The van der Waals surface area contributed by atoms with Crippen molar-refractivity contribution < 1.29 is 4.74 Å². The van der Waals surface area contributed by atoms with E-state index in [-0.39, 0.29) is 11.3 Å². The maximum absolute atomic E-state index is 5.71. The molecule has 0 aliphatic rings. The highest BCUT2D eigenvalue weighted by Crippen LogP contribution is 2.10. The molecule has 0 aromatic carbocycles. The zero-order valence-corrected chi connectivity index (χ0v) is 9.92. The Morgan fingerprint density at radius 1 is 1.41 bits per heavy atom. The molecule has 7 nitrogen and oxygen atoms in total. The van der Waals surface area contributed by atoms with Crippen molar-refractivity contribution in [2.75, 3.05) is 19.0 Å². The van der Waals surface area contributed by atoms with Crippen molar-refractivity contribution in [3.05, 3.63) is 23.7 Å². The van der Waals surface area contributed by atoms with E-state index in [0.29, 0.717) is 19.0 Å². The van der Waals surface area contributed by atoms with Crippen LogP contribution < -0.4 is 10.1 Å². The number of methoxy groups -OCH3 is 1. The molecule has 8 heteroatoms. The van der Waals surface area contributed by atoms with E-state index in [1.807, 2.05) is 12.3 Å². The molecule has 0 saturated carbocycles. The molecule has 1 N–H and O–H groups in total. The van der Waals surface area contributed by atoms with E-state index in [2.05, 4.69) is 25.4 Å². The summed E-state index contributed by atoms with van der Waals surface area (Å²) >= 11 is 5.71. The lowest BCUT2D eigenvalue weighted by molar-refractivity contribution is 0.379. The molecule has 0 spiro atoms. The molecular weight excluding hydrogens is 244 g/mol. The average Bonchev–Trinajstić information content (AvgIpc) is 2.81. The van der Waals surface area contributed by atoms with Crippen LogP contribution in [-0.4, -0.2) is 38.4 Å². The molecule has 2 heterocycles. The lowest BCUT2D eigenvalue weighted by Crippen LogP contribution is -2.13. The van der Waals surface area contributed by atoms with E-state index in [1.54, 1.807) is 10.9 Å². The highest BCUT2D eigenvalue weighted by atomic mass is 35.5. The fourth-order valence-corrected chi connectivity index (χ4v) is 1.37. The Morgan fingerprint density at radius 3 is 3.00 bits per heavy atom. The molecule has 90 valence electrons. The summed E-state index contributed by atoms with van der Waals surface area (Å²) in [5.74, 6) is 0.383. The van der Waals surface area contributed by atoms with Crippen molar-refractivity contribution in [2.45, 2.75) is 6.54 Å². The van der Waals surface area contributed by atoms with Gasteiger partial charge in [-0.2, -0.15) is 20.1 Å². The zero-order valence-electron chi connectivity index (χ0n) is 9.17. The molecule has 0 fully saturated rings. The van der Waals surface area contributed by atoms with Crippen LogP contribution in [0.1, 0.15) is 0 Å². The Morgan fingerprint density at radius 2 is 2.29 bits per heavy atom. The zero-order chi connectivity index (χ0) is 12.1. The van der Waals surface area contributed by atoms with Crippen LogP contribution in [0.15, 0.2) is 18.5 Å². The Balaban J connectivity index is 1.92. The number of hydrogen-bond acceptors (Lipinski definition) is 6. The van der Waals surface area contributed by atoms with Crippen molar-refractivity contribution in [1.29, 1.82) is 0 Å². The van der Waals surface area contributed by atoms with Crippen molar-refractivity contribution in [2.24, 2.45) is 0 Å². The number of ether oxygens (including phenoxy) is 1. The van der Waals surface area contributed by atoms with Crippen LogP contribution in [-0.2, 0) is 6.54 Å². The first-order valence-electron chi connectivity index (χ1n) is 4.95. The summed E-state index contributed by atoms with van der Waals surface area (Å²) in [5, 5.41) is 7.18. The molecule has 2 rings (SSSR count). The second-order valence-electron chi connectivity index (χ2n) is 3.11. The quantitative estimate of drug-likeness (QED) is 0.852. The van der Waals surface area contributed by atoms with Gasteiger partial charge >= 0.3 is 6.01 Å². The molecule has 0 atom stereocenters. The number of aromatic nitrogens is 5. The maximum atomic E-state index is 5.71. The average molecular weight is 255 g/mol. The van der Waals surface area contributed by atoms with Gasteiger partial charge in [0.15, 0.2) is 0 Å². The molecule has 2 aromatic rings. The van der Waals surface area contributed by atoms with Crippen LogP contribution in [0.4, 0.5) is 5.95 Å². The SMILES string of the molecule is COc1nc(Cl)nc(NCCn2cccn2)n1. The van der Waals surface area contributed by atoms with Crippen molar-refractivity contribution in [1.82, 2.24) is 24.7 Å². The van der Waals surface area contributed by atoms with E-state index in [9.17, 15) is 0 Å². The highest BCUT2D eigenvalue weighted by molar-refractivity contribution is 6.28. The van der Waals surface area contributed by atoms with Crippen molar-refractivity contribution in [3.8, 4) is 6.01 Å². The minimum Gasteiger partial charge on any atom is -0.467 e. The van der Waals surface area contributed by atoms with Gasteiger partial charge in [-0.3, -0.25) is 4.68 Å². The van der Waals surface area contributed by atoms with E-state index >= 15 is 0 Å². The summed E-state index contributed by atoms with van der Waals surface area (Å²) < 4.78 is 6.68. The Bertz CT molecular complexity index is 474. The van der Waals surface area contributed by atoms with Gasteiger partial charge in [0.05, 0.1) is 13.7 Å². The molecule has 0 aliphatic heterocycles. The lowest BCUT2D eigenvalue weighted by atomic mass is 10.6. The van der Waals surface area contributed by atoms with Crippen LogP contribution in [0.2, 0.25) is 5.28 Å². The third-order valence-electron chi connectivity index (χ3n) is 1.95. The van der Waals surface area contributed by atoms with Crippen molar-refractivity contribution in [3.63, 3.8) is 0 Å². The molecule has 0 saturated heterocycles. The molecule has 0 bridgehead atoms. The third kappa shape index (κ3) is 3.28. The second-order valence-corrected chi connectivity index (χ2v) is 3.45.